The summed E-state index contributed by atoms with van der Waals surface area (Å²) in [5.41, 5.74) is 0.0776. The number of hydrogen-bond acceptors (Lipinski definition) is 4. The molecule has 2 atom stereocenters. The number of anilines is 1. The highest BCUT2D eigenvalue weighted by molar-refractivity contribution is 5.50. The van der Waals surface area contributed by atoms with Gasteiger partial charge >= 0.3 is 0 Å². The van der Waals surface area contributed by atoms with E-state index in [1.807, 2.05) is 0 Å². The van der Waals surface area contributed by atoms with Crippen LogP contribution in [0.2, 0.25) is 0 Å². The van der Waals surface area contributed by atoms with Gasteiger partial charge in [0.25, 0.3) is 5.69 Å². The minimum atomic E-state index is -0.603. The van der Waals surface area contributed by atoms with Crippen molar-refractivity contribution in [3.63, 3.8) is 0 Å². The van der Waals surface area contributed by atoms with Gasteiger partial charge < -0.3 is 10.1 Å². The van der Waals surface area contributed by atoms with Gasteiger partial charge in [0.15, 0.2) is 5.82 Å². The predicted molar refractivity (Wildman–Crippen MR) is 69.7 cm³/mol. The summed E-state index contributed by atoms with van der Waals surface area (Å²) in [7, 11) is 0. The van der Waals surface area contributed by atoms with Crippen LogP contribution in [0, 0.1) is 15.9 Å². The van der Waals surface area contributed by atoms with Crippen molar-refractivity contribution in [3.05, 3.63) is 34.1 Å². The summed E-state index contributed by atoms with van der Waals surface area (Å²) in [4.78, 5) is 9.94. The van der Waals surface area contributed by atoms with Crippen LogP contribution in [0.3, 0.4) is 0 Å². The lowest BCUT2D eigenvalue weighted by atomic mass is 10.0. The number of ether oxygens (including phenoxy) is 1. The third-order valence-electron chi connectivity index (χ3n) is 3.35. The Labute approximate surface area is 110 Å². The van der Waals surface area contributed by atoms with Crippen molar-refractivity contribution in [2.24, 2.45) is 0 Å². The molecule has 1 aliphatic rings. The fourth-order valence-electron chi connectivity index (χ4n) is 2.25. The largest absolute Gasteiger partial charge is 0.380 e. The lowest BCUT2D eigenvalue weighted by Gasteiger charge is -2.30. The van der Waals surface area contributed by atoms with Crippen molar-refractivity contribution >= 4 is 11.4 Å². The maximum Gasteiger partial charge on any atom is 0.272 e. The molecule has 0 radical (unpaired) electrons. The molecule has 1 saturated heterocycles. The standard InChI is InChI=1S/C13H17FN2O3/c1-2-11-7-9(5-6-19-11)15-13-4-3-10(16(17)18)8-12(13)14/h3-4,8-9,11,15H,2,5-7H2,1H3. The molecular formula is C13H17FN2O3. The monoisotopic (exact) mass is 268 g/mol. The molecule has 6 heteroatoms. The van der Waals surface area contributed by atoms with E-state index in [1.165, 1.54) is 12.1 Å². The third-order valence-corrected chi connectivity index (χ3v) is 3.35. The van der Waals surface area contributed by atoms with E-state index in [2.05, 4.69) is 12.2 Å². The first-order valence-electron chi connectivity index (χ1n) is 6.42. The van der Waals surface area contributed by atoms with Crippen molar-refractivity contribution in [1.82, 2.24) is 0 Å². The highest BCUT2D eigenvalue weighted by Gasteiger charge is 2.22. The van der Waals surface area contributed by atoms with Gasteiger partial charge in [-0.15, -0.1) is 0 Å². The molecule has 1 fully saturated rings. The van der Waals surface area contributed by atoms with Crippen LogP contribution in [0.15, 0.2) is 18.2 Å². The zero-order chi connectivity index (χ0) is 13.8. The summed E-state index contributed by atoms with van der Waals surface area (Å²) >= 11 is 0. The Morgan fingerprint density at radius 3 is 3.00 bits per heavy atom. The lowest BCUT2D eigenvalue weighted by molar-refractivity contribution is -0.385. The molecule has 0 amide bonds. The molecule has 104 valence electrons. The molecule has 2 unspecified atom stereocenters. The normalized spacial score (nSPS) is 23.1. The fourth-order valence-corrected chi connectivity index (χ4v) is 2.25. The minimum absolute atomic E-state index is 0.148. The number of nitro groups is 1. The smallest absolute Gasteiger partial charge is 0.272 e. The Morgan fingerprint density at radius 1 is 1.58 bits per heavy atom. The van der Waals surface area contributed by atoms with Gasteiger partial charge in [-0.05, 0) is 25.3 Å². The van der Waals surface area contributed by atoms with Crippen LogP contribution in [0.25, 0.3) is 0 Å². The van der Waals surface area contributed by atoms with E-state index in [0.717, 1.165) is 25.3 Å². The maximum atomic E-state index is 13.7. The topological polar surface area (TPSA) is 64.4 Å². The Bertz CT molecular complexity index is 467. The highest BCUT2D eigenvalue weighted by Crippen LogP contribution is 2.24. The second-order valence-corrected chi connectivity index (χ2v) is 4.69. The molecule has 19 heavy (non-hydrogen) atoms. The molecule has 1 N–H and O–H groups in total. The second kappa shape index (κ2) is 5.97. The third kappa shape index (κ3) is 3.41. The van der Waals surface area contributed by atoms with E-state index >= 15 is 0 Å². The molecule has 0 bridgehead atoms. The first-order chi connectivity index (χ1) is 9.10. The quantitative estimate of drug-likeness (QED) is 0.673. The Hall–Kier alpha value is -1.69. The molecule has 2 rings (SSSR count). The zero-order valence-corrected chi connectivity index (χ0v) is 10.8. The molecule has 0 saturated carbocycles. The van der Waals surface area contributed by atoms with Crippen molar-refractivity contribution < 1.29 is 14.1 Å². The van der Waals surface area contributed by atoms with E-state index in [-0.39, 0.29) is 17.8 Å². The number of rotatable bonds is 4. The van der Waals surface area contributed by atoms with Gasteiger partial charge in [0.1, 0.15) is 0 Å². The summed E-state index contributed by atoms with van der Waals surface area (Å²) < 4.78 is 19.3. The van der Waals surface area contributed by atoms with Crippen LogP contribution in [-0.2, 0) is 4.74 Å². The van der Waals surface area contributed by atoms with Crippen molar-refractivity contribution in [2.75, 3.05) is 11.9 Å². The van der Waals surface area contributed by atoms with E-state index in [4.69, 9.17) is 4.74 Å². The van der Waals surface area contributed by atoms with Gasteiger partial charge in [-0.2, -0.15) is 0 Å². The van der Waals surface area contributed by atoms with Crippen LogP contribution in [0.5, 0.6) is 0 Å². The lowest BCUT2D eigenvalue weighted by Crippen LogP contribution is -2.33. The van der Waals surface area contributed by atoms with Crippen LogP contribution < -0.4 is 5.32 Å². The molecule has 0 aromatic heterocycles. The SMILES string of the molecule is CCC1CC(Nc2ccc([N+](=O)[O-])cc2F)CCO1. The molecule has 1 heterocycles. The van der Waals surface area contributed by atoms with E-state index < -0.39 is 10.7 Å². The van der Waals surface area contributed by atoms with E-state index in [1.54, 1.807) is 0 Å². The number of hydrogen-bond donors (Lipinski definition) is 1. The average Bonchev–Trinajstić information content (AvgIpc) is 2.41. The summed E-state index contributed by atoms with van der Waals surface area (Å²) in [5.74, 6) is -0.589. The maximum absolute atomic E-state index is 13.7. The summed E-state index contributed by atoms with van der Waals surface area (Å²) in [6.07, 6.45) is 2.77. The van der Waals surface area contributed by atoms with Gasteiger partial charge in [-0.1, -0.05) is 6.92 Å². The Morgan fingerprint density at radius 2 is 2.37 bits per heavy atom. The number of nitrogens with one attached hydrogen (secondary N) is 1. The average molecular weight is 268 g/mol. The van der Waals surface area contributed by atoms with E-state index in [9.17, 15) is 14.5 Å². The summed E-state index contributed by atoms with van der Waals surface area (Å²) in [6, 6.07) is 3.82. The minimum Gasteiger partial charge on any atom is -0.380 e. The number of non-ortho nitro benzene ring substituents is 1. The van der Waals surface area contributed by atoms with Crippen LogP contribution in [0.1, 0.15) is 26.2 Å². The number of nitro benzene ring substituents is 1. The van der Waals surface area contributed by atoms with Crippen LogP contribution >= 0.6 is 0 Å². The summed E-state index contributed by atoms with van der Waals surface area (Å²) in [6.45, 7) is 2.71. The first kappa shape index (κ1) is 13.7. The second-order valence-electron chi connectivity index (χ2n) is 4.69. The van der Waals surface area contributed by atoms with Crippen molar-refractivity contribution in [2.45, 2.75) is 38.3 Å². The van der Waals surface area contributed by atoms with Crippen molar-refractivity contribution in [1.29, 1.82) is 0 Å². The fraction of sp³-hybridized carbons (Fsp3) is 0.538. The highest BCUT2D eigenvalue weighted by atomic mass is 19.1. The molecule has 0 aliphatic carbocycles. The summed E-state index contributed by atoms with van der Waals surface area (Å²) in [5, 5.41) is 13.6. The predicted octanol–water partition coefficient (Wildman–Crippen LogP) is 3.10. The molecular weight excluding hydrogens is 251 g/mol. The number of halogens is 1. The number of nitrogens with zero attached hydrogens (tertiary/aromatic N) is 1. The van der Waals surface area contributed by atoms with Crippen LogP contribution in [0.4, 0.5) is 15.8 Å². The number of benzene rings is 1. The molecule has 1 aromatic carbocycles. The van der Waals surface area contributed by atoms with Gasteiger partial charge in [-0.25, -0.2) is 4.39 Å². The van der Waals surface area contributed by atoms with Gasteiger partial charge in [0.2, 0.25) is 0 Å². The van der Waals surface area contributed by atoms with Gasteiger partial charge in [-0.3, -0.25) is 10.1 Å². The van der Waals surface area contributed by atoms with Gasteiger partial charge in [0, 0.05) is 18.7 Å². The molecule has 1 aliphatic heterocycles. The van der Waals surface area contributed by atoms with Gasteiger partial charge in [0.05, 0.1) is 22.8 Å². The molecule has 1 aromatic rings. The van der Waals surface area contributed by atoms with Crippen LogP contribution in [-0.4, -0.2) is 23.7 Å². The van der Waals surface area contributed by atoms with Crippen molar-refractivity contribution in [3.8, 4) is 0 Å². The zero-order valence-electron chi connectivity index (χ0n) is 10.8. The van der Waals surface area contributed by atoms with E-state index in [0.29, 0.717) is 12.3 Å². The Kier molecular flexibility index (Phi) is 4.31. The molecule has 0 spiro atoms. The first-order valence-corrected chi connectivity index (χ1v) is 6.42. The Balaban J connectivity index is 2.04. The molecule has 5 nitrogen and oxygen atoms in total.